The Morgan fingerprint density at radius 1 is 1.39 bits per heavy atom. The zero-order valence-corrected chi connectivity index (χ0v) is 9.79. The van der Waals surface area contributed by atoms with E-state index in [2.05, 4.69) is 0 Å². The Balaban J connectivity index is 2.39. The van der Waals surface area contributed by atoms with E-state index in [0.29, 0.717) is 0 Å². The number of benzene rings is 1. The van der Waals surface area contributed by atoms with Gasteiger partial charge in [-0.25, -0.2) is 0 Å². The molecule has 1 unspecified atom stereocenters. The number of anilines is 1. The van der Waals surface area contributed by atoms with Crippen molar-refractivity contribution in [1.29, 1.82) is 0 Å². The monoisotopic (exact) mass is 279 g/mol. The lowest BCUT2D eigenvalue weighted by atomic mass is 10.2. The summed E-state index contributed by atoms with van der Waals surface area (Å²) in [5.41, 5.74) is -0.899. The number of alkyl halides is 3. The van der Waals surface area contributed by atoms with Crippen molar-refractivity contribution in [2.24, 2.45) is 0 Å². The Morgan fingerprint density at radius 3 is 2.56 bits per heavy atom. The SMILES string of the molecule is O=C1CC(O)CN1c1ccc(Cl)c(C(F)(F)F)c1. The highest BCUT2D eigenvalue weighted by atomic mass is 35.5. The molecule has 2 rings (SSSR count). The third kappa shape index (κ3) is 2.44. The van der Waals surface area contributed by atoms with Crippen molar-refractivity contribution in [3.8, 4) is 0 Å². The number of nitrogens with zero attached hydrogens (tertiary/aromatic N) is 1. The number of carbonyl (C=O) groups is 1. The van der Waals surface area contributed by atoms with E-state index in [-0.39, 0.29) is 18.7 Å². The molecule has 1 aliphatic heterocycles. The maximum atomic E-state index is 12.7. The molecule has 1 aromatic rings. The summed E-state index contributed by atoms with van der Waals surface area (Å²) in [6.45, 7) is -0.00222. The molecule has 1 aliphatic rings. The van der Waals surface area contributed by atoms with E-state index in [9.17, 15) is 23.1 Å². The third-order valence-electron chi connectivity index (χ3n) is 2.67. The van der Waals surface area contributed by atoms with Gasteiger partial charge in [0, 0.05) is 5.69 Å². The van der Waals surface area contributed by atoms with E-state index in [1.807, 2.05) is 0 Å². The lowest BCUT2D eigenvalue weighted by molar-refractivity contribution is -0.137. The topological polar surface area (TPSA) is 40.5 Å². The van der Waals surface area contributed by atoms with Gasteiger partial charge in [-0.05, 0) is 18.2 Å². The molecule has 0 radical (unpaired) electrons. The molecule has 1 N–H and O–H groups in total. The molecule has 0 aromatic heterocycles. The van der Waals surface area contributed by atoms with Crippen LogP contribution in [0.15, 0.2) is 18.2 Å². The molecule has 1 atom stereocenters. The van der Waals surface area contributed by atoms with Crippen molar-refractivity contribution in [2.45, 2.75) is 18.7 Å². The molecule has 1 fully saturated rings. The molecular formula is C11H9ClF3NO2. The fourth-order valence-electron chi connectivity index (χ4n) is 1.84. The fraction of sp³-hybridized carbons (Fsp3) is 0.364. The second-order valence-electron chi connectivity index (χ2n) is 4.02. The smallest absolute Gasteiger partial charge is 0.391 e. The number of aliphatic hydroxyl groups is 1. The molecule has 1 saturated heterocycles. The van der Waals surface area contributed by atoms with Crippen molar-refractivity contribution in [1.82, 2.24) is 0 Å². The number of β-amino-alcohol motifs (C(OH)–C–C–N with tert-alkyl or cyclic N) is 1. The Kier molecular flexibility index (Phi) is 3.25. The summed E-state index contributed by atoms with van der Waals surface area (Å²) in [5, 5.41) is 8.89. The van der Waals surface area contributed by atoms with Gasteiger partial charge in [0.2, 0.25) is 5.91 Å². The summed E-state index contributed by atoms with van der Waals surface area (Å²) >= 11 is 5.48. The van der Waals surface area contributed by atoms with Crippen LogP contribution in [0.2, 0.25) is 5.02 Å². The summed E-state index contributed by atoms with van der Waals surface area (Å²) < 4.78 is 38.0. The molecule has 0 aliphatic carbocycles. The average Bonchev–Trinajstić information content (AvgIpc) is 2.57. The molecule has 0 saturated carbocycles. The summed E-state index contributed by atoms with van der Waals surface area (Å²) in [7, 11) is 0. The van der Waals surface area contributed by atoms with E-state index in [1.54, 1.807) is 0 Å². The van der Waals surface area contributed by atoms with Crippen LogP contribution in [0.25, 0.3) is 0 Å². The van der Waals surface area contributed by atoms with E-state index < -0.39 is 28.8 Å². The van der Waals surface area contributed by atoms with Gasteiger partial charge in [0.1, 0.15) is 0 Å². The predicted molar refractivity (Wildman–Crippen MR) is 59.4 cm³/mol. The minimum atomic E-state index is -4.57. The lowest BCUT2D eigenvalue weighted by Crippen LogP contribution is -2.25. The van der Waals surface area contributed by atoms with Crippen LogP contribution >= 0.6 is 11.6 Å². The van der Waals surface area contributed by atoms with Crippen LogP contribution in [-0.2, 0) is 11.0 Å². The number of aliphatic hydroxyl groups excluding tert-OH is 1. The minimum absolute atomic E-state index is 0.00222. The Labute approximate surface area is 106 Å². The lowest BCUT2D eigenvalue weighted by Gasteiger charge is -2.18. The van der Waals surface area contributed by atoms with Crippen molar-refractivity contribution in [3.63, 3.8) is 0 Å². The summed E-state index contributed by atoms with van der Waals surface area (Å²) in [6, 6.07) is 3.24. The van der Waals surface area contributed by atoms with Gasteiger partial charge >= 0.3 is 6.18 Å². The highest BCUT2D eigenvalue weighted by Crippen LogP contribution is 2.37. The maximum absolute atomic E-state index is 12.7. The van der Waals surface area contributed by atoms with E-state index >= 15 is 0 Å². The zero-order chi connectivity index (χ0) is 13.5. The van der Waals surface area contributed by atoms with Crippen LogP contribution in [0, 0.1) is 0 Å². The fourth-order valence-corrected chi connectivity index (χ4v) is 2.06. The Hall–Kier alpha value is -1.27. The molecule has 0 bridgehead atoms. The second kappa shape index (κ2) is 4.44. The van der Waals surface area contributed by atoms with Gasteiger partial charge < -0.3 is 10.0 Å². The third-order valence-corrected chi connectivity index (χ3v) is 3.00. The summed E-state index contributed by atoms with van der Waals surface area (Å²) in [5.74, 6) is -0.405. The molecule has 1 heterocycles. The number of amides is 1. The highest BCUT2D eigenvalue weighted by Gasteiger charge is 2.35. The van der Waals surface area contributed by atoms with Gasteiger partial charge in [-0.3, -0.25) is 4.79 Å². The number of rotatable bonds is 1. The minimum Gasteiger partial charge on any atom is -0.391 e. The average molecular weight is 280 g/mol. The summed E-state index contributed by atoms with van der Waals surface area (Å²) in [4.78, 5) is 12.6. The molecule has 1 amide bonds. The molecule has 3 nitrogen and oxygen atoms in total. The van der Waals surface area contributed by atoms with Crippen LogP contribution in [0.1, 0.15) is 12.0 Å². The van der Waals surface area contributed by atoms with E-state index in [0.717, 1.165) is 17.0 Å². The number of hydrogen-bond donors (Lipinski definition) is 1. The molecule has 7 heteroatoms. The van der Waals surface area contributed by atoms with Crippen molar-refractivity contribution in [3.05, 3.63) is 28.8 Å². The first-order chi connectivity index (χ1) is 8.29. The standard InChI is InChI=1S/C11H9ClF3NO2/c12-9-2-1-6(3-8(9)11(13,14)15)16-5-7(17)4-10(16)18/h1-3,7,17H,4-5H2. The van der Waals surface area contributed by atoms with Crippen LogP contribution in [0.3, 0.4) is 0 Å². The van der Waals surface area contributed by atoms with Crippen molar-refractivity contribution < 1.29 is 23.1 Å². The van der Waals surface area contributed by atoms with Crippen molar-refractivity contribution in [2.75, 3.05) is 11.4 Å². The highest BCUT2D eigenvalue weighted by molar-refractivity contribution is 6.31. The predicted octanol–water partition coefficient (Wildman–Crippen LogP) is 2.46. The van der Waals surface area contributed by atoms with Crippen LogP contribution in [-0.4, -0.2) is 23.7 Å². The normalized spacial score (nSPS) is 20.6. The van der Waals surface area contributed by atoms with Gasteiger partial charge in [-0.2, -0.15) is 13.2 Å². The molecule has 0 spiro atoms. The first-order valence-corrected chi connectivity index (χ1v) is 5.52. The largest absolute Gasteiger partial charge is 0.417 e. The molecular weight excluding hydrogens is 271 g/mol. The summed E-state index contributed by atoms with van der Waals surface area (Å²) in [6.07, 6.45) is -5.50. The molecule has 98 valence electrons. The Morgan fingerprint density at radius 2 is 2.06 bits per heavy atom. The first-order valence-electron chi connectivity index (χ1n) is 5.14. The quantitative estimate of drug-likeness (QED) is 0.858. The zero-order valence-electron chi connectivity index (χ0n) is 9.04. The van der Waals surface area contributed by atoms with E-state index in [1.165, 1.54) is 6.07 Å². The van der Waals surface area contributed by atoms with Gasteiger partial charge in [-0.1, -0.05) is 11.6 Å². The van der Waals surface area contributed by atoms with Gasteiger partial charge in [0.05, 0.1) is 29.7 Å². The van der Waals surface area contributed by atoms with Gasteiger partial charge in [-0.15, -0.1) is 0 Å². The van der Waals surface area contributed by atoms with Gasteiger partial charge in [0.15, 0.2) is 0 Å². The second-order valence-corrected chi connectivity index (χ2v) is 4.43. The van der Waals surface area contributed by atoms with Crippen LogP contribution < -0.4 is 4.90 Å². The van der Waals surface area contributed by atoms with Crippen LogP contribution in [0.5, 0.6) is 0 Å². The Bertz CT molecular complexity index is 490. The van der Waals surface area contributed by atoms with E-state index in [4.69, 9.17) is 11.6 Å². The maximum Gasteiger partial charge on any atom is 0.417 e. The number of carbonyl (C=O) groups excluding carboxylic acids is 1. The van der Waals surface area contributed by atoms with Crippen molar-refractivity contribution >= 4 is 23.2 Å². The first kappa shape index (κ1) is 13.2. The molecule has 1 aromatic carbocycles. The van der Waals surface area contributed by atoms with Gasteiger partial charge in [0.25, 0.3) is 0 Å². The number of hydrogen-bond acceptors (Lipinski definition) is 2. The molecule has 18 heavy (non-hydrogen) atoms. The number of halogens is 4. The van der Waals surface area contributed by atoms with Crippen LogP contribution in [0.4, 0.5) is 18.9 Å².